The van der Waals surface area contributed by atoms with Crippen LogP contribution in [0.1, 0.15) is 5.56 Å². The summed E-state index contributed by atoms with van der Waals surface area (Å²) < 4.78 is 0. The van der Waals surface area contributed by atoms with Gasteiger partial charge < -0.3 is 0 Å². The van der Waals surface area contributed by atoms with Gasteiger partial charge in [0.15, 0.2) is 0 Å². The molecule has 16 heavy (non-hydrogen) atoms. The molecule has 0 amide bonds. The number of hydrogen-bond acceptors (Lipinski definition) is 2. The number of rotatable bonds is 3. The van der Waals surface area contributed by atoms with Gasteiger partial charge in [-0.15, -0.1) is 0 Å². The maximum atomic E-state index is 4.16. The smallest absolute Gasteiger partial charge is 0.0857 e. The van der Waals surface area contributed by atoms with E-state index in [0.717, 1.165) is 16.7 Å². The van der Waals surface area contributed by atoms with E-state index in [2.05, 4.69) is 26.2 Å². The maximum Gasteiger partial charge on any atom is 0.0857 e. The molecule has 3 heteroatoms. The van der Waals surface area contributed by atoms with E-state index in [-0.39, 0.29) is 0 Å². The maximum absolute atomic E-state index is 4.16. The van der Waals surface area contributed by atoms with Gasteiger partial charge in [0.2, 0.25) is 0 Å². The number of benzene rings is 2. The van der Waals surface area contributed by atoms with Crippen molar-refractivity contribution in [2.75, 3.05) is 0 Å². The molecular weight excluding hydrogens is 264 g/mol. The lowest BCUT2D eigenvalue weighted by molar-refractivity contribution is 1.23. The molecule has 80 valence electrons. The Balaban J connectivity index is 2.12. The molecule has 0 N–H and O–H groups in total. The average molecular weight is 275 g/mol. The Morgan fingerprint density at radius 1 is 0.750 bits per heavy atom. The summed E-state index contributed by atoms with van der Waals surface area (Å²) in [4.78, 5) is 0. The summed E-state index contributed by atoms with van der Waals surface area (Å²) in [7, 11) is 0. The van der Waals surface area contributed by atoms with Gasteiger partial charge in [-0.25, -0.2) is 0 Å². The van der Waals surface area contributed by atoms with Gasteiger partial charge in [-0.3, -0.25) is 0 Å². The molecule has 0 aliphatic carbocycles. The Bertz CT molecular complexity index is 463. The fraction of sp³-hybridized carbons (Fsp3) is 0.0769. The first-order valence-corrected chi connectivity index (χ1v) is 6.12. The van der Waals surface area contributed by atoms with Crippen LogP contribution >= 0.6 is 15.9 Å². The zero-order valence-electron chi connectivity index (χ0n) is 8.68. The third-order valence-corrected chi connectivity index (χ3v) is 2.78. The van der Waals surface area contributed by atoms with Crippen molar-refractivity contribution in [3.63, 3.8) is 0 Å². The van der Waals surface area contributed by atoms with Gasteiger partial charge in [-0.2, -0.15) is 10.2 Å². The number of alkyl halides is 1. The van der Waals surface area contributed by atoms with E-state index in [0.29, 0.717) is 0 Å². The van der Waals surface area contributed by atoms with E-state index < -0.39 is 0 Å². The zero-order valence-corrected chi connectivity index (χ0v) is 10.3. The molecule has 0 aromatic heterocycles. The van der Waals surface area contributed by atoms with Crippen LogP contribution in [0.2, 0.25) is 0 Å². The molecule has 0 heterocycles. The predicted molar refractivity (Wildman–Crippen MR) is 69.7 cm³/mol. The van der Waals surface area contributed by atoms with Crippen LogP contribution in [-0.2, 0) is 5.33 Å². The summed E-state index contributed by atoms with van der Waals surface area (Å²) in [6.07, 6.45) is 0. The third kappa shape index (κ3) is 3.00. The standard InChI is InChI=1S/C13H11BrN2/c14-10-11-6-8-13(9-7-11)16-15-12-4-2-1-3-5-12/h1-9H,10H2. The Labute approximate surface area is 103 Å². The fourth-order valence-corrected chi connectivity index (χ4v) is 1.64. The van der Waals surface area contributed by atoms with Crippen molar-refractivity contribution in [3.8, 4) is 0 Å². The van der Waals surface area contributed by atoms with E-state index in [9.17, 15) is 0 Å². The van der Waals surface area contributed by atoms with E-state index in [1.807, 2.05) is 54.6 Å². The second kappa shape index (κ2) is 5.56. The van der Waals surface area contributed by atoms with Gasteiger partial charge in [0.25, 0.3) is 0 Å². The van der Waals surface area contributed by atoms with E-state index in [4.69, 9.17) is 0 Å². The average Bonchev–Trinajstić information content (AvgIpc) is 2.38. The van der Waals surface area contributed by atoms with E-state index in [1.54, 1.807) is 0 Å². The lowest BCUT2D eigenvalue weighted by atomic mass is 10.2. The zero-order chi connectivity index (χ0) is 11.2. The van der Waals surface area contributed by atoms with Crippen LogP contribution in [0.3, 0.4) is 0 Å². The highest BCUT2D eigenvalue weighted by molar-refractivity contribution is 9.08. The monoisotopic (exact) mass is 274 g/mol. The Morgan fingerprint density at radius 2 is 1.31 bits per heavy atom. The van der Waals surface area contributed by atoms with Gasteiger partial charge in [0.1, 0.15) is 0 Å². The first-order valence-electron chi connectivity index (χ1n) is 5.00. The lowest BCUT2D eigenvalue weighted by Crippen LogP contribution is -1.73. The van der Waals surface area contributed by atoms with Crippen LogP contribution in [0, 0.1) is 0 Å². The molecule has 0 bridgehead atoms. The Hall–Kier alpha value is -1.48. The second-order valence-electron chi connectivity index (χ2n) is 3.34. The first kappa shape index (κ1) is 11.0. The Kier molecular flexibility index (Phi) is 3.83. The normalized spacial score (nSPS) is 10.8. The van der Waals surface area contributed by atoms with Crippen molar-refractivity contribution in [3.05, 3.63) is 60.2 Å². The van der Waals surface area contributed by atoms with Crippen LogP contribution in [0.4, 0.5) is 11.4 Å². The first-order chi connectivity index (χ1) is 7.88. The minimum atomic E-state index is 0.864. The molecule has 0 atom stereocenters. The summed E-state index contributed by atoms with van der Waals surface area (Å²) in [5.74, 6) is 0. The third-order valence-electron chi connectivity index (χ3n) is 2.13. The number of halogens is 1. The van der Waals surface area contributed by atoms with E-state index >= 15 is 0 Å². The summed E-state index contributed by atoms with van der Waals surface area (Å²) in [5, 5.41) is 9.17. The van der Waals surface area contributed by atoms with Crippen LogP contribution in [0.15, 0.2) is 64.8 Å². The molecule has 0 saturated carbocycles. The summed E-state index contributed by atoms with van der Waals surface area (Å²) in [6, 6.07) is 17.7. The molecule has 2 nitrogen and oxygen atoms in total. The second-order valence-corrected chi connectivity index (χ2v) is 3.90. The molecule has 0 spiro atoms. The SMILES string of the molecule is BrCc1ccc(N=Nc2ccccc2)cc1. The summed E-state index contributed by atoms with van der Waals surface area (Å²) >= 11 is 3.40. The summed E-state index contributed by atoms with van der Waals surface area (Å²) in [6.45, 7) is 0. The largest absolute Gasteiger partial charge is 0.151 e. The lowest BCUT2D eigenvalue weighted by Gasteiger charge is -1.95. The Morgan fingerprint density at radius 3 is 1.88 bits per heavy atom. The molecule has 0 aliphatic rings. The van der Waals surface area contributed by atoms with Crippen molar-refractivity contribution in [2.24, 2.45) is 10.2 Å². The van der Waals surface area contributed by atoms with E-state index in [1.165, 1.54) is 5.56 Å². The predicted octanol–water partition coefficient (Wildman–Crippen LogP) is 5.00. The highest BCUT2D eigenvalue weighted by Crippen LogP contribution is 2.18. The van der Waals surface area contributed by atoms with Crippen LogP contribution in [0.5, 0.6) is 0 Å². The van der Waals surface area contributed by atoms with Crippen molar-refractivity contribution in [1.29, 1.82) is 0 Å². The molecular formula is C13H11BrN2. The summed E-state index contributed by atoms with van der Waals surface area (Å²) in [5.41, 5.74) is 2.97. The van der Waals surface area contributed by atoms with Crippen molar-refractivity contribution in [2.45, 2.75) is 5.33 Å². The minimum absolute atomic E-state index is 0.864. The molecule has 0 radical (unpaired) electrons. The number of nitrogens with zero attached hydrogens (tertiary/aromatic N) is 2. The molecule has 2 aromatic rings. The molecule has 0 aliphatic heterocycles. The molecule has 2 aromatic carbocycles. The van der Waals surface area contributed by atoms with Crippen molar-refractivity contribution in [1.82, 2.24) is 0 Å². The molecule has 2 rings (SSSR count). The molecule has 0 saturated heterocycles. The van der Waals surface area contributed by atoms with Gasteiger partial charge in [-0.05, 0) is 29.8 Å². The van der Waals surface area contributed by atoms with Crippen LogP contribution in [-0.4, -0.2) is 0 Å². The van der Waals surface area contributed by atoms with Crippen molar-refractivity contribution >= 4 is 27.3 Å². The van der Waals surface area contributed by atoms with Crippen LogP contribution in [0.25, 0.3) is 0 Å². The van der Waals surface area contributed by atoms with Gasteiger partial charge >= 0.3 is 0 Å². The van der Waals surface area contributed by atoms with Crippen molar-refractivity contribution < 1.29 is 0 Å². The highest BCUT2D eigenvalue weighted by Gasteiger charge is 1.91. The number of azo groups is 1. The topological polar surface area (TPSA) is 24.7 Å². The van der Waals surface area contributed by atoms with Crippen LogP contribution < -0.4 is 0 Å². The minimum Gasteiger partial charge on any atom is -0.151 e. The van der Waals surface area contributed by atoms with Gasteiger partial charge in [0, 0.05) is 5.33 Å². The molecule has 0 fully saturated rings. The van der Waals surface area contributed by atoms with Gasteiger partial charge in [0.05, 0.1) is 11.4 Å². The highest BCUT2D eigenvalue weighted by atomic mass is 79.9. The fourth-order valence-electron chi connectivity index (χ4n) is 1.26. The quantitative estimate of drug-likeness (QED) is 0.556. The van der Waals surface area contributed by atoms with Gasteiger partial charge in [-0.1, -0.05) is 46.3 Å². The molecule has 0 unspecified atom stereocenters. The number of hydrogen-bond donors (Lipinski definition) is 0.